The molecule has 1 fully saturated rings. The molecule has 96 valence electrons. The van der Waals surface area contributed by atoms with Gasteiger partial charge in [0.1, 0.15) is 0 Å². The van der Waals surface area contributed by atoms with Crippen LogP contribution in [0.1, 0.15) is 38.3 Å². The maximum atomic E-state index is 6.05. The lowest BCUT2D eigenvalue weighted by molar-refractivity contribution is -0.00609. The van der Waals surface area contributed by atoms with E-state index >= 15 is 0 Å². The molecule has 0 aromatic carbocycles. The van der Waals surface area contributed by atoms with Crippen molar-refractivity contribution in [1.29, 1.82) is 0 Å². The molecule has 1 heterocycles. The van der Waals surface area contributed by atoms with Crippen molar-refractivity contribution in [3.05, 3.63) is 18.2 Å². The van der Waals surface area contributed by atoms with Crippen molar-refractivity contribution in [3.63, 3.8) is 0 Å². The number of imidazole rings is 1. The summed E-state index contributed by atoms with van der Waals surface area (Å²) in [5.41, 5.74) is 1.17. The summed E-state index contributed by atoms with van der Waals surface area (Å²) < 4.78 is 8.19. The van der Waals surface area contributed by atoms with Gasteiger partial charge in [-0.05, 0) is 26.8 Å². The van der Waals surface area contributed by atoms with Gasteiger partial charge in [-0.3, -0.25) is 0 Å². The first-order chi connectivity index (χ1) is 8.35. The molecule has 0 spiro atoms. The minimum Gasteiger partial charge on any atom is -0.370 e. The van der Waals surface area contributed by atoms with E-state index in [-0.39, 0.29) is 0 Å². The fraction of sp³-hybridized carbons (Fsp3) is 0.769. The van der Waals surface area contributed by atoms with Gasteiger partial charge in [-0.15, -0.1) is 0 Å². The second kappa shape index (κ2) is 6.17. The lowest BCUT2D eigenvalue weighted by atomic mass is 9.92. The lowest BCUT2D eigenvalue weighted by Crippen LogP contribution is -2.41. The van der Waals surface area contributed by atoms with E-state index in [2.05, 4.69) is 21.8 Å². The lowest BCUT2D eigenvalue weighted by Gasteiger charge is -2.31. The average molecular weight is 237 g/mol. The van der Waals surface area contributed by atoms with Crippen LogP contribution in [0.15, 0.2) is 12.5 Å². The Hall–Kier alpha value is -0.870. The van der Waals surface area contributed by atoms with Crippen LogP contribution in [-0.4, -0.2) is 28.7 Å². The number of nitrogens with zero attached hydrogens (tertiary/aromatic N) is 2. The van der Waals surface area contributed by atoms with Gasteiger partial charge in [0.2, 0.25) is 0 Å². The van der Waals surface area contributed by atoms with E-state index in [1.165, 1.54) is 31.4 Å². The summed E-state index contributed by atoms with van der Waals surface area (Å²) in [5, 5.41) is 3.37. The van der Waals surface area contributed by atoms with Crippen LogP contribution in [0.4, 0.5) is 0 Å². The predicted molar refractivity (Wildman–Crippen MR) is 67.8 cm³/mol. The standard InChI is InChI=1S/C13H23N3O/c1-3-16-10-15-8-11(16)9-17-13-7-5-4-6-12(13)14-2/h8,10,12-14H,3-7,9H2,1-2H3. The first kappa shape index (κ1) is 12.6. The highest BCUT2D eigenvalue weighted by atomic mass is 16.5. The smallest absolute Gasteiger partial charge is 0.0948 e. The SMILES string of the molecule is CCn1cncc1COC1CCCCC1NC. The number of aryl methyl sites for hydroxylation is 1. The number of likely N-dealkylation sites (N-methyl/N-ethyl adjacent to an activating group) is 1. The minimum atomic E-state index is 0.356. The van der Waals surface area contributed by atoms with E-state index in [4.69, 9.17) is 4.74 Å². The number of hydrogen-bond acceptors (Lipinski definition) is 3. The molecule has 1 aliphatic carbocycles. The Kier molecular flexibility index (Phi) is 4.57. The molecule has 1 N–H and O–H groups in total. The predicted octanol–water partition coefficient (Wildman–Crippen LogP) is 1.95. The largest absolute Gasteiger partial charge is 0.370 e. The third kappa shape index (κ3) is 3.07. The molecule has 0 radical (unpaired) electrons. The summed E-state index contributed by atoms with van der Waals surface area (Å²) in [5.74, 6) is 0. The van der Waals surface area contributed by atoms with E-state index < -0.39 is 0 Å². The number of rotatable bonds is 5. The Labute approximate surface area is 103 Å². The highest BCUT2D eigenvalue weighted by molar-refractivity contribution is 4.96. The monoisotopic (exact) mass is 237 g/mol. The van der Waals surface area contributed by atoms with Crippen molar-refractivity contribution < 1.29 is 4.74 Å². The number of aromatic nitrogens is 2. The van der Waals surface area contributed by atoms with Crippen LogP contribution in [0, 0.1) is 0 Å². The summed E-state index contributed by atoms with van der Waals surface area (Å²) >= 11 is 0. The zero-order valence-corrected chi connectivity index (χ0v) is 10.9. The van der Waals surface area contributed by atoms with Crippen molar-refractivity contribution in [3.8, 4) is 0 Å². The molecule has 0 amide bonds. The summed E-state index contributed by atoms with van der Waals surface area (Å²) in [4.78, 5) is 4.16. The highest BCUT2D eigenvalue weighted by Gasteiger charge is 2.24. The second-order valence-electron chi connectivity index (χ2n) is 4.70. The zero-order chi connectivity index (χ0) is 12.1. The van der Waals surface area contributed by atoms with Gasteiger partial charge >= 0.3 is 0 Å². The van der Waals surface area contributed by atoms with Gasteiger partial charge < -0.3 is 14.6 Å². The molecule has 4 nitrogen and oxygen atoms in total. The van der Waals surface area contributed by atoms with Crippen LogP contribution in [0.2, 0.25) is 0 Å². The first-order valence-corrected chi connectivity index (χ1v) is 6.63. The van der Waals surface area contributed by atoms with Crippen LogP contribution in [0.3, 0.4) is 0 Å². The van der Waals surface area contributed by atoms with Gasteiger partial charge in [-0.1, -0.05) is 12.8 Å². The van der Waals surface area contributed by atoms with Gasteiger partial charge in [-0.25, -0.2) is 4.98 Å². The molecule has 2 rings (SSSR count). The zero-order valence-electron chi connectivity index (χ0n) is 10.9. The Morgan fingerprint density at radius 3 is 3.06 bits per heavy atom. The topological polar surface area (TPSA) is 39.1 Å². The Morgan fingerprint density at radius 2 is 2.29 bits per heavy atom. The summed E-state index contributed by atoms with van der Waals surface area (Å²) in [6, 6.07) is 0.516. The normalized spacial score (nSPS) is 25.1. The fourth-order valence-electron chi connectivity index (χ4n) is 2.57. The number of nitrogens with one attached hydrogen (secondary N) is 1. The molecule has 1 aliphatic rings. The number of hydrogen-bond donors (Lipinski definition) is 1. The van der Waals surface area contributed by atoms with E-state index in [0.717, 1.165) is 6.54 Å². The summed E-state index contributed by atoms with van der Waals surface area (Å²) in [7, 11) is 2.03. The molecule has 4 heteroatoms. The van der Waals surface area contributed by atoms with Crippen LogP contribution in [0.5, 0.6) is 0 Å². The van der Waals surface area contributed by atoms with Gasteiger partial charge in [0.05, 0.1) is 30.9 Å². The molecule has 2 unspecified atom stereocenters. The summed E-state index contributed by atoms with van der Waals surface area (Å²) in [6.07, 6.45) is 9.14. The van der Waals surface area contributed by atoms with E-state index in [0.29, 0.717) is 18.8 Å². The fourth-order valence-corrected chi connectivity index (χ4v) is 2.57. The van der Waals surface area contributed by atoms with Crippen LogP contribution >= 0.6 is 0 Å². The Balaban J connectivity index is 1.88. The molecule has 0 bridgehead atoms. The van der Waals surface area contributed by atoms with E-state index in [9.17, 15) is 0 Å². The molecule has 0 aliphatic heterocycles. The number of ether oxygens (including phenoxy) is 1. The molecular formula is C13H23N3O. The van der Waals surface area contributed by atoms with Crippen molar-refractivity contribution >= 4 is 0 Å². The molecule has 1 aromatic heterocycles. The maximum absolute atomic E-state index is 6.05. The third-order valence-electron chi connectivity index (χ3n) is 3.66. The quantitative estimate of drug-likeness (QED) is 0.850. The van der Waals surface area contributed by atoms with Gasteiger partial charge in [-0.2, -0.15) is 0 Å². The molecular weight excluding hydrogens is 214 g/mol. The first-order valence-electron chi connectivity index (χ1n) is 6.63. The van der Waals surface area contributed by atoms with Crippen molar-refractivity contribution in [2.45, 2.75) is 57.9 Å². The third-order valence-corrected chi connectivity index (χ3v) is 3.66. The van der Waals surface area contributed by atoms with Crippen molar-refractivity contribution in [1.82, 2.24) is 14.9 Å². The highest BCUT2D eigenvalue weighted by Crippen LogP contribution is 2.22. The van der Waals surface area contributed by atoms with Crippen molar-refractivity contribution in [2.75, 3.05) is 7.05 Å². The van der Waals surface area contributed by atoms with E-state index in [1.54, 1.807) is 0 Å². The Morgan fingerprint density at radius 1 is 1.47 bits per heavy atom. The molecule has 2 atom stereocenters. The second-order valence-corrected chi connectivity index (χ2v) is 4.70. The van der Waals surface area contributed by atoms with Crippen molar-refractivity contribution in [2.24, 2.45) is 0 Å². The van der Waals surface area contributed by atoms with Gasteiger partial charge in [0.15, 0.2) is 0 Å². The van der Waals surface area contributed by atoms with Crippen LogP contribution < -0.4 is 5.32 Å². The Bertz CT molecular complexity index is 337. The maximum Gasteiger partial charge on any atom is 0.0948 e. The molecule has 1 saturated carbocycles. The molecule has 0 saturated heterocycles. The van der Waals surface area contributed by atoms with Gasteiger partial charge in [0.25, 0.3) is 0 Å². The van der Waals surface area contributed by atoms with Gasteiger partial charge in [0, 0.05) is 12.6 Å². The van der Waals surface area contributed by atoms with E-state index in [1.807, 2.05) is 19.6 Å². The van der Waals surface area contributed by atoms with Crippen LogP contribution in [0.25, 0.3) is 0 Å². The van der Waals surface area contributed by atoms with Crippen LogP contribution in [-0.2, 0) is 17.9 Å². The summed E-state index contributed by atoms with van der Waals surface area (Å²) in [6.45, 7) is 3.76. The minimum absolute atomic E-state index is 0.356. The molecule has 17 heavy (non-hydrogen) atoms. The molecule has 1 aromatic rings. The average Bonchev–Trinajstić information content (AvgIpc) is 2.84.